The molecule has 31 heavy (non-hydrogen) atoms. The van der Waals surface area contributed by atoms with E-state index in [-0.39, 0.29) is 17.6 Å². The molecule has 0 saturated carbocycles. The van der Waals surface area contributed by atoms with E-state index < -0.39 is 5.91 Å². The summed E-state index contributed by atoms with van der Waals surface area (Å²) in [7, 11) is 0. The number of primary amides is 1. The first kappa shape index (κ1) is 21.0. The summed E-state index contributed by atoms with van der Waals surface area (Å²) in [5.41, 5.74) is 7.63. The zero-order valence-electron chi connectivity index (χ0n) is 17.3. The van der Waals surface area contributed by atoms with Gasteiger partial charge in [-0.1, -0.05) is 0 Å². The van der Waals surface area contributed by atoms with E-state index in [2.05, 4.69) is 15.0 Å². The summed E-state index contributed by atoms with van der Waals surface area (Å²) < 4.78 is 13.2. The third-order valence-corrected chi connectivity index (χ3v) is 6.61. The Morgan fingerprint density at radius 2 is 1.90 bits per heavy atom. The minimum Gasteiger partial charge on any atom is -0.365 e. The van der Waals surface area contributed by atoms with E-state index in [1.807, 2.05) is 11.8 Å². The van der Waals surface area contributed by atoms with Crippen LogP contribution in [0.4, 0.5) is 4.39 Å². The van der Waals surface area contributed by atoms with Gasteiger partial charge in [-0.05, 0) is 51.0 Å². The van der Waals surface area contributed by atoms with Gasteiger partial charge in [0.05, 0.1) is 17.0 Å². The molecule has 0 bridgehead atoms. The lowest BCUT2D eigenvalue weighted by Gasteiger charge is -2.32. The number of halogens is 1. The van der Waals surface area contributed by atoms with E-state index >= 15 is 0 Å². The van der Waals surface area contributed by atoms with Crippen LogP contribution in [-0.4, -0.2) is 44.8 Å². The van der Waals surface area contributed by atoms with Gasteiger partial charge in [0.1, 0.15) is 21.5 Å². The molecule has 3 aromatic rings. The van der Waals surface area contributed by atoms with Crippen LogP contribution in [0.5, 0.6) is 0 Å². The summed E-state index contributed by atoms with van der Waals surface area (Å²) in [5, 5.41) is 0.690. The maximum Gasteiger partial charge on any atom is 0.265 e. The van der Waals surface area contributed by atoms with Crippen molar-refractivity contribution >= 4 is 23.2 Å². The van der Waals surface area contributed by atoms with Gasteiger partial charge in [-0.3, -0.25) is 9.59 Å². The van der Waals surface area contributed by atoms with Gasteiger partial charge in [0.15, 0.2) is 0 Å². The largest absolute Gasteiger partial charge is 0.365 e. The molecule has 2 aromatic heterocycles. The first-order valence-corrected chi connectivity index (χ1v) is 10.8. The summed E-state index contributed by atoms with van der Waals surface area (Å²) in [6.07, 6.45) is 3.16. The van der Waals surface area contributed by atoms with Gasteiger partial charge in [-0.15, -0.1) is 11.3 Å². The first-order chi connectivity index (χ1) is 14.8. The van der Waals surface area contributed by atoms with Gasteiger partial charge in [-0.25, -0.2) is 19.3 Å². The van der Waals surface area contributed by atoms with Crippen LogP contribution in [-0.2, 0) is 0 Å². The van der Waals surface area contributed by atoms with Crippen molar-refractivity contribution in [1.29, 1.82) is 0 Å². The maximum atomic E-state index is 13.2. The molecular weight excluding hydrogens is 417 g/mol. The average Bonchev–Trinajstić information content (AvgIpc) is 3.15. The topological polar surface area (TPSA) is 102 Å². The van der Waals surface area contributed by atoms with Crippen LogP contribution in [0.15, 0.2) is 30.5 Å². The fraction of sp³-hybridized carbons (Fsp3) is 0.318. The van der Waals surface area contributed by atoms with Crippen LogP contribution < -0.4 is 5.73 Å². The van der Waals surface area contributed by atoms with Crippen LogP contribution >= 0.6 is 11.3 Å². The number of nitrogens with zero attached hydrogens (tertiary/aromatic N) is 4. The second-order valence-electron chi connectivity index (χ2n) is 7.62. The number of carbonyl (C=O) groups excluding carboxylic acids is 2. The van der Waals surface area contributed by atoms with E-state index in [4.69, 9.17) is 5.73 Å². The Kier molecular flexibility index (Phi) is 5.77. The fourth-order valence-electron chi connectivity index (χ4n) is 3.75. The number of amides is 2. The number of rotatable bonds is 4. The molecule has 0 unspecified atom stereocenters. The Morgan fingerprint density at radius 3 is 2.58 bits per heavy atom. The van der Waals surface area contributed by atoms with Gasteiger partial charge >= 0.3 is 0 Å². The van der Waals surface area contributed by atoms with Gasteiger partial charge in [0, 0.05) is 30.8 Å². The quantitative estimate of drug-likeness (QED) is 0.671. The van der Waals surface area contributed by atoms with Crippen molar-refractivity contribution in [2.75, 3.05) is 13.1 Å². The Balaban J connectivity index is 1.54. The van der Waals surface area contributed by atoms with Crippen molar-refractivity contribution in [2.45, 2.75) is 32.6 Å². The van der Waals surface area contributed by atoms with Gasteiger partial charge < -0.3 is 10.6 Å². The molecule has 0 aliphatic carbocycles. The van der Waals surface area contributed by atoms with Gasteiger partial charge in [0.2, 0.25) is 0 Å². The molecule has 9 heteroatoms. The minimum absolute atomic E-state index is 0.0110. The Morgan fingerprint density at radius 1 is 1.16 bits per heavy atom. The molecule has 0 radical (unpaired) electrons. The molecule has 1 aliphatic rings. The highest BCUT2D eigenvalue weighted by Crippen LogP contribution is 2.31. The third kappa shape index (κ3) is 4.32. The lowest BCUT2D eigenvalue weighted by Crippen LogP contribution is -2.39. The van der Waals surface area contributed by atoms with Crippen molar-refractivity contribution in [2.24, 2.45) is 5.73 Å². The SMILES string of the molecule is Cc1nc([C@@H]2CCCN(C(=O)c3sc(-c4ccc(F)cc4)nc3C)C2)ncc1C(N)=O. The van der Waals surface area contributed by atoms with E-state index in [0.717, 1.165) is 18.4 Å². The minimum atomic E-state index is -0.554. The number of likely N-dealkylation sites (tertiary alicyclic amines) is 1. The fourth-order valence-corrected chi connectivity index (χ4v) is 4.79. The molecule has 7 nitrogen and oxygen atoms in total. The standard InChI is InChI=1S/C22H22FN5O2S/c1-12-17(19(24)29)10-25-20(26-12)15-4-3-9-28(11-15)22(30)18-13(2)27-21(31-18)14-5-7-16(23)8-6-14/h5-8,10,15H,3-4,9,11H2,1-2H3,(H2,24,29)/t15-/m1/s1. The number of hydrogen-bond acceptors (Lipinski definition) is 6. The molecule has 0 spiro atoms. The number of thiazole rings is 1. The highest BCUT2D eigenvalue weighted by molar-refractivity contribution is 7.17. The molecule has 1 atom stereocenters. The Labute approximate surface area is 183 Å². The second kappa shape index (κ2) is 8.50. The van der Waals surface area contributed by atoms with Crippen molar-refractivity contribution in [3.63, 3.8) is 0 Å². The van der Waals surface area contributed by atoms with E-state index in [1.54, 1.807) is 19.1 Å². The lowest BCUT2D eigenvalue weighted by molar-refractivity contribution is 0.0708. The molecule has 3 heterocycles. The van der Waals surface area contributed by atoms with Crippen LogP contribution in [0.3, 0.4) is 0 Å². The van der Waals surface area contributed by atoms with Crippen LogP contribution in [0.2, 0.25) is 0 Å². The predicted molar refractivity (Wildman–Crippen MR) is 115 cm³/mol. The molecule has 4 rings (SSSR count). The van der Waals surface area contributed by atoms with E-state index in [0.29, 0.717) is 45.7 Å². The zero-order chi connectivity index (χ0) is 22.1. The van der Waals surface area contributed by atoms with Crippen molar-refractivity contribution < 1.29 is 14.0 Å². The summed E-state index contributed by atoms with van der Waals surface area (Å²) >= 11 is 1.32. The number of carbonyl (C=O) groups is 2. The summed E-state index contributed by atoms with van der Waals surface area (Å²) in [6.45, 7) is 4.69. The number of benzene rings is 1. The van der Waals surface area contributed by atoms with Crippen LogP contribution in [0, 0.1) is 19.7 Å². The van der Waals surface area contributed by atoms with Crippen LogP contribution in [0.25, 0.3) is 10.6 Å². The normalized spacial score (nSPS) is 16.4. The first-order valence-electron chi connectivity index (χ1n) is 9.99. The predicted octanol–water partition coefficient (Wildman–Crippen LogP) is 3.47. The van der Waals surface area contributed by atoms with E-state index in [1.165, 1.54) is 29.7 Å². The van der Waals surface area contributed by atoms with Crippen LogP contribution in [0.1, 0.15) is 56.0 Å². The smallest absolute Gasteiger partial charge is 0.265 e. The molecule has 2 amide bonds. The number of aromatic nitrogens is 3. The zero-order valence-corrected chi connectivity index (χ0v) is 18.1. The number of piperidine rings is 1. The van der Waals surface area contributed by atoms with Crippen molar-refractivity contribution in [1.82, 2.24) is 19.9 Å². The number of aryl methyl sites for hydroxylation is 2. The Bertz CT molecular complexity index is 1150. The third-order valence-electron chi connectivity index (χ3n) is 5.42. The van der Waals surface area contributed by atoms with Gasteiger partial charge in [-0.2, -0.15) is 0 Å². The molecule has 1 fully saturated rings. The highest BCUT2D eigenvalue weighted by atomic mass is 32.1. The number of nitrogens with two attached hydrogens (primary N) is 1. The van der Waals surface area contributed by atoms with E-state index in [9.17, 15) is 14.0 Å². The molecule has 160 valence electrons. The average molecular weight is 440 g/mol. The van der Waals surface area contributed by atoms with Gasteiger partial charge in [0.25, 0.3) is 11.8 Å². The molecule has 1 aliphatic heterocycles. The lowest BCUT2D eigenvalue weighted by atomic mass is 9.96. The maximum absolute atomic E-state index is 13.2. The molecule has 1 saturated heterocycles. The Hall–Kier alpha value is -3.20. The summed E-state index contributed by atoms with van der Waals surface area (Å²) in [5.74, 6) is -0.328. The number of hydrogen-bond donors (Lipinski definition) is 1. The summed E-state index contributed by atoms with van der Waals surface area (Å²) in [4.78, 5) is 40.4. The molecule has 1 aromatic carbocycles. The van der Waals surface area contributed by atoms with Crippen molar-refractivity contribution in [3.05, 3.63) is 63.9 Å². The summed E-state index contributed by atoms with van der Waals surface area (Å²) in [6, 6.07) is 6.09. The second-order valence-corrected chi connectivity index (χ2v) is 8.62. The highest BCUT2D eigenvalue weighted by Gasteiger charge is 2.29. The molecular formula is C22H22FN5O2S. The monoisotopic (exact) mass is 439 g/mol. The van der Waals surface area contributed by atoms with Crippen molar-refractivity contribution in [3.8, 4) is 10.6 Å². The molecule has 2 N–H and O–H groups in total.